The van der Waals surface area contributed by atoms with Crippen molar-refractivity contribution in [2.45, 2.75) is 63.6 Å². The molecule has 3 fully saturated rings. The lowest BCUT2D eigenvalue weighted by Crippen LogP contribution is -2.52. The van der Waals surface area contributed by atoms with Gasteiger partial charge in [-0.1, -0.05) is 25.0 Å². The maximum Gasteiger partial charge on any atom is 0.253 e. The van der Waals surface area contributed by atoms with Gasteiger partial charge in [0.2, 0.25) is 0 Å². The molecule has 0 spiro atoms. The Labute approximate surface area is 187 Å². The van der Waals surface area contributed by atoms with Crippen LogP contribution in [0, 0.1) is 6.92 Å². The van der Waals surface area contributed by atoms with E-state index < -0.39 is 0 Å². The first-order valence-corrected chi connectivity index (χ1v) is 12.1. The molecule has 168 valence electrons. The highest BCUT2D eigenvalue weighted by Gasteiger charge is 2.38. The molecule has 2 aromatic heterocycles. The summed E-state index contributed by atoms with van der Waals surface area (Å²) in [5.41, 5.74) is 2.73. The average Bonchev–Trinajstić information content (AvgIpc) is 3.55. The Morgan fingerprint density at radius 3 is 2.75 bits per heavy atom. The standard InChI is InChI=1S/C24H31N7O/c1-16-8-9-17-14-20(24(32)25-21(17)13-16)22(30-12-11-29-10-4-7-19(29)15-30)23-26-27-28-31(23)18-5-2-3-6-18/h8-9,13-14,18-19,22H,2-7,10-12,15H2,1H3,(H,25,32)/t19-,22+/m1/s1. The molecule has 0 bridgehead atoms. The van der Waals surface area contributed by atoms with E-state index in [1.54, 1.807) is 0 Å². The Hall–Kier alpha value is -2.58. The number of aromatic amines is 1. The molecule has 2 aliphatic heterocycles. The van der Waals surface area contributed by atoms with Crippen LogP contribution in [-0.2, 0) is 0 Å². The molecule has 6 rings (SSSR count). The van der Waals surface area contributed by atoms with Crippen LogP contribution in [0.3, 0.4) is 0 Å². The summed E-state index contributed by atoms with van der Waals surface area (Å²) in [7, 11) is 0. The van der Waals surface area contributed by atoms with Crippen molar-refractivity contribution in [1.82, 2.24) is 35.0 Å². The second kappa shape index (κ2) is 8.08. The van der Waals surface area contributed by atoms with Gasteiger partial charge in [-0.3, -0.25) is 14.6 Å². The highest BCUT2D eigenvalue weighted by Crippen LogP contribution is 2.35. The molecule has 1 aliphatic carbocycles. The fourth-order valence-corrected chi connectivity index (χ4v) is 6.07. The normalized spacial score (nSPS) is 23.7. The van der Waals surface area contributed by atoms with Crippen LogP contribution >= 0.6 is 0 Å². The minimum absolute atomic E-state index is 0.0390. The quantitative estimate of drug-likeness (QED) is 0.681. The fraction of sp³-hybridized carbons (Fsp3) is 0.583. The summed E-state index contributed by atoms with van der Waals surface area (Å²) in [6.07, 6.45) is 7.13. The largest absolute Gasteiger partial charge is 0.322 e. The lowest BCUT2D eigenvalue weighted by atomic mass is 10.0. The van der Waals surface area contributed by atoms with Crippen LogP contribution in [0.15, 0.2) is 29.1 Å². The molecule has 2 atom stereocenters. The minimum atomic E-state index is -0.234. The zero-order chi connectivity index (χ0) is 21.7. The predicted octanol–water partition coefficient (Wildman–Crippen LogP) is 2.81. The van der Waals surface area contributed by atoms with Crippen molar-refractivity contribution in [3.05, 3.63) is 51.6 Å². The average molecular weight is 434 g/mol. The SMILES string of the molecule is Cc1ccc2cc([C@@H](c3nnnn3C3CCCC3)N3CCN4CCC[C@@H]4C3)c(=O)[nH]c2c1. The van der Waals surface area contributed by atoms with Gasteiger partial charge in [0.05, 0.1) is 6.04 Å². The molecule has 2 saturated heterocycles. The van der Waals surface area contributed by atoms with E-state index >= 15 is 0 Å². The molecule has 32 heavy (non-hydrogen) atoms. The van der Waals surface area contributed by atoms with Gasteiger partial charge in [-0.2, -0.15) is 0 Å². The van der Waals surface area contributed by atoms with Crippen molar-refractivity contribution in [3.63, 3.8) is 0 Å². The molecule has 0 unspecified atom stereocenters. The summed E-state index contributed by atoms with van der Waals surface area (Å²) in [5.74, 6) is 0.820. The van der Waals surface area contributed by atoms with Crippen molar-refractivity contribution >= 4 is 10.9 Å². The summed E-state index contributed by atoms with van der Waals surface area (Å²) < 4.78 is 2.03. The van der Waals surface area contributed by atoms with Gasteiger partial charge < -0.3 is 4.98 Å². The van der Waals surface area contributed by atoms with Crippen LogP contribution in [0.25, 0.3) is 10.9 Å². The first-order chi connectivity index (χ1) is 15.7. The maximum atomic E-state index is 13.4. The summed E-state index contributed by atoms with van der Waals surface area (Å²) in [6.45, 7) is 6.15. The highest BCUT2D eigenvalue weighted by molar-refractivity contribution is 5.79. The Bertz CT molecular complexity index is 1180. The van der Waals surface area contributed by atoms with Crippen LogP contribution in [-0.4, -0.2) is 67.2 Å². The maximum absolute atomic E-state index is 13.4. The summed E-state index contributed by atoms with van der Waals surface area (Å²) in [5, 5.41) is 14.1. The molecule has 8 heteroatoms. The third kappa shape index (κ3) is 3.46. The second-order valence-corrected chi connectivity index (χ2v) is 9.79. The number of tetrazole rings is 1. The van der Waals surface area contributed by atoms with Gasteiger partial charge >= 0.3 is 0 Å². The smallest absolute Gasteiger partial charge is 0.253 e. The topological polar surface area (TPSA) is 82.9 Å². The number of nitrogens with zero attached hydrogens (tertiary/aromatic N) is 6. The number of benzene rings is 1. The third-order valence-corrected chi connectivity index (χ3v) is 7.74. The number of pyridine rings is 1. The van der Waals surface area contributed by atoms with E-state index in [0.29, 0.717) is 12.1 Å². The van der Waals surface area contributed by atoms with E-state index in [-0.39, 0.29) is 11.6 Å². The number of hydrogen-bond donors (Lipinski definition) is 1. The highest BCUT2D eigenvalue weighted by atomic mass is 16.1. The van der Waals surface area contributed by atoms with Crippen LogP contribution in [0.1, 0.15) is 67.6 Å². The van der Waals surface area contributed by atoms with Crippen molar-refractivity contribution < 1.29 is 0 Å². The lowest BCUT2D eigenvalue weighted by Gasteiger charge is -2.41. The number of rotatable bonds is 4. The summed E-state index contributed by atoms with van der Waals surface area (Å²) in [4.78, 5) is 21.6. The van der Waals surface area contributed by atoms with Crippen molar-refractivity contribution in [2.75, 3.05) is 26.2 Å². The lowest BCUT2D eigenvalue weighted by molar-refractivity contribution is 0.0783. The molecule has 8 nitrogen and oxygen atoms in total. The Balaban J connectivity index is 1.47. The Morgan fingerprint density at radius 1 is 1.03 bits per heavy atom. The van der Waals surface area contributed by atoms with Crippen LogP contribution in [0.4, 0.5) is 0 Å². The van der Waals surface area contributed by atoms with E-state index in [1.165, 1.54) is 32.2 Å². The van der Waals surface area contributed by atoms with Crippen molar-refractivity contribution in [2.24, 2.45) is 0 Å². The first-order valence-electron chi connectivity index (χ1n) is 12.1. The van der Waals surface area contributed by atoms with Gasteiger partial charge in [0, 0.05) is 36.8 Å². The van der Waals surface area contributed by atoms with Crippen molar-refractivity contribution in [1.29, 1.82) is 0 Å². The number of aryl methyl sites for hydroxylation is 1. The van der Waals surface area contributed by atoms with Crippen molar-refractivity contribution in [3.8, 4) is 0 Å². The predicted molar refractivity (Wildman–Crippen MR) is 123 cm³/mol. The van der Waals surface area contributed by atoms with Gasteiger partial charge in [-0.25, -0.2) is 4.68 Å². The molecule has 3 aromatic rings. The Morgan fingerprint density at radius 2 is 1.88 bits per heavy atom. The molecule has 3 aliphatic rings. The Kier molecular flexibility index (Phi) is 5.07. The molecule has 4 heterocycles. The fourth-order valence-electron chi connectivity index (χ4n) is 6.07. The molecule has 1 aromatic carbocycles. The number of fused-ring (bicyclic) bond motifs is 2. The van der Waals surface area contributed by atoms with Gasteiger partial charge in [-0.15, -0.1) is 5.10 Å². The molecule has 0 amide bonds. The van der Waals surface area contributed by atoms with Crippen LogP contribution < -0.4 is 5.56 Å². The number of hydrogen-bond acceptors (Lipinski definition) is 6. The zero-order valence-electron chi connectivity index (χ0n) is 18.7. The number of piperazine rings is 1. The number of H-pyrrole nitrogens is 1. The molecule has 0 radical (unpaired) electrons. The van der Waals surface area contributed by atoms with Crippen LogP contribution in [0.5, 0.6) is 0 Å². The third-order valence-electron chi connectivity index (χ3n) is 7.74. The minimum Gasteiger partial charge on any atom is -0.322 e. The molecular formula is C24H31N7O. The zero-order valence-corrected chi connectivity index (χ0v) is 18.7. The van der Waals surface area contributed by atoms with E-state index in [2.05, 4.69) is 48.5 Å². The van der Waals surface area contributed by atoms with Gasteiger partial charge in [0.15, 0.2) is 5.82 Å². The monoisotopic (exact) mass is 433 g/mol. The molecular weight excluding hydrogens is 402 g/mol. The summed E-state index contributed by atoms with van der Waals surface area (Å²) >= 11 is 0. The molecule has 1 saturated carbocycles. The first kappa shape index (κ1) is 20.1. The van der Waals surface area contributed by atoms with Gasteiger partial charge in [-0.05, 0) is 72.7 Å². The van der Waals surface area contributed by atoms with Gasteiger partial charge in [0.1, 0.15) is 6.04 Å². The summed E-state index contributed by atoms with van der Waals surface area (Å²) in [6, 6.07) is 8.95. The van der Waals surface area contributed by atoms with E-state index in [9.17, 15) is 4.79 Å². The number of aromatic nitrogens is 5. The number of nitrogens with one attached hydrogen (secondary N) is 1. The van der Waals surface area contributed by atoms with Crippen LogP contribution in [0.2, 0.25) is 0 Å². The van der Waals surface area contributed by atoms with Gasteiger partial charge in [0.25, 0.3) is 5.56 Å². The van der Waals surface area contributed by atoms with E-state index in [1.807, 2.05) is 17.7 Å². The van der Waals surface area contributed by atoms with E-state index in [0.717, 1.165) is 60.3 Å². The van der Waals surface area contributed by atoms with E-state index in [4.69, 9.17) is 0 Å². The second-order valence-electron chi connectivity index (χ2n) is 9.79. The molecule has 1 N–H and O–H groups in total.